The first-order valence-corrected chi connectivity index (χ1v) is 2.87. The van der Waals surface area contributed by atoms with Crippen molar-refractivity contribution in [1.29, 1.82) is 0 Å². The predicted octanol–water partition coefficient (Wildman–Crippen LogP) is 1.55. The maximum Gasteiger partial charge on any atom is 0.218 e. The molecule has 0 aliphatic carbocycles. The SMILES string of the molecule is [CH2+]C(O)c1ccccc1. The lowest BCUT2D eigenvalue weighted by Gasteiger charge is -1.94. The Morgan fingerprint density at radius 1 is 1.22 bits per heavy atom. The van der Waals surface area contributed by atoms with E-state index >= 15 is 0 Å². The smallest absolute Gasteiger partial charge is 0.218 e. The van der Waals surface area contributed by atoms with Crippen LogP contribution in [0.3, 0.4) is 0 Å². The molecule has 0 saturated carbocycles. The predicted molar refractivity (Wildman–Crippen MR) is 36.8 cm³/mol. The molecule has 1 N–H and O–H groups in total. The van der Waals surface area contributed by atoms with E-state index in [2.05, 4.69) is 6.92 Å². The van der Waals surface area contributed by atoms with Gasteiger partial charge < -0.3 is 5.11 Å². The summed E-state index contributed by atoms with van der Waals surface area (Å²) in [5, 5.41) is 8.91. The maximum absolute atomic E-state index is 8.91. The Morgan fingerprint density at radius 3 is 2.11 bits per heavy atom. The van der Waals surface area contributed by atoms with Gasteiger partial charge in [-0.3, -0.25) is 0 Å². The molecule has 0 aliphatic rings. The van der Waals surface area contributed by atoms with Crippen molar-refractivity contribution in [3.8, 4) is 0 Å². The Labute approximate surface area is 55.0 Å². The summed E-state index contributed by atoms with van der Waals surface area (Å²) in [6, 6.07) is 9.36. The quantitative estimate of drug-likeness (QED) is 0.559. The second-order valence-electron chi connectivity index (χ2n) is 1.93. The van der Waals surface area contributed by atoms with Crippen LogP contribution >= 0.6 is 0 Å². The van der Waals surface area contributed by atoms with Crippen molar-refractivity contribution in [1.82, 2.24) is 0 Å². The van der Waals surface area contributed by atoms with Crippen molar-refractivity contribution in [3.63, 3.8) is 0 Å². The molecule has 0 bridgehead atoms. The topological polar surface area (TPSA) is 20.2 Å². The summed E-state index contributed by atoms with van der Waals surface area (Å²) in [7, 11) is 0. The lowest BCUT2D eigenvalue weighted by Crippen LogP contribution is -1.88. The number of hydrogen-bond donors (Lipinski definition) is 1. The number of aliphatic hydroxyl groups excluding tert-OH is 1. The molecule has 46 valence electrons. The second-order valence-corrected chi connectivity index (χ2v) is 1.93. The maximum atomic E-state index is 8.91. The van der Waals surface area contributed by atoms with Gasteiger partial charge in [0.1, 0.15) is 0 Å². The third kappa shape index (κ3) is 1.47. The van der Waals surface area contributed by atoms with Crippen LogP contribution in [0.25, 0.3) is 0 Å². The van der Waals surface area contributed by atoms with Crippen molar-refractivity contribution in [2.45, 2.75) is 6.10 Å². The summed E-state index contributed by atoms with van der Waals surface area (Å²) in [5.74, 6) is 0. The van der Waals surface area contributed by atoms with Gasteiger partial charge >= 0.3 is 0 Å². The Balaban J connectivity index is 2.85. The molecule has 1 atom stereocenters. The Hall–Kier alpha value is -0.950. The molecule has 1 aromatic carbocycles. The molecule has 0 spiro atoms. The van der Waals surface area contributed by atoms with E-state index < -0.39 is 6.10 Å². The Morgan fingerprint density at radius 2 is 1.78 bits per heavy atom. The van der Waals surface area contributed by atoms with Gasteiger partial charge in [0.25, 0.3) is 0 Å². The molecule has 1 rings (SSSR count). The summed E-state index contributed by atoms with van der Waals surface area (Å²) >= 11 is 0. The zero-order chi connectivity index (χ0) is 6.69. The zero-order valence-corrected chi connectivity index (χ0v) is 5.12. The number of aliphatic hydroxyl groups is 1. The van der Waals surface area contributed by atoms with Gasteiger partial charge in [-0.05, 0) is 0 Å². The highest BCUT2D eigenvalue weighted by atomic mass is 16.3. The van der Waals surface area contributed by atoms with Gasteiger partial charge in [0.2, 0.25) is 6.10 Å². The van der Waals surface area contributed by atoms with E-state index in [0.717, 1.165) is 5.56 Å². The molecule has 1 heteroatoms. The minimum atomic E-state index is -0.591. The van der Waals surface area contributed by atoms with E-state index in [1.807, 2.05) is 30.3 Å². The molecule has 0 radical (unpaired) electrons. The number of hydrogen-bond acceptors (Lipinski definition) is 1. The van der Waals surface area contributed by atoms with Crippen LogP contribution in [0.5, 0.6) is 0 Å². The van der Waals surface area contributed by atoms with Crippen LogP contribution in [0.2, 0.25) is 0 Å². The van der Waals surface area contributed by atoms with Crippen LogP contribution in [0, 0.1) is 6.92 Å². The van der Waals surface area contributed by atoms with Gasteiger partial charge in [-0.1, -0.05) is 30.3 Å². The molecule has 1 unspecified atom stereocenters. The Bertz CT molecular complexity index is 167. The molecule has 0 saturated heterocycles. The van der Waals surface area contributed by atoms with Gasteiger partial charge in [0, 0.05) is 5.56 Å². The van der Waals surface area contributed by atoms with Crippen LogP contribution in [0.4, 0.5) is 0 Å². The summed E-state index contributed by atoms with van der Waals surface area (Å²) < 4.78 is 0. The Kier molecular flexibility index (Phi) is 1.75. The van der Waals surface area contributed by atoms with Gasteiger partial charge in [-0.15, -0.1) is 0 Å². The fourth-order valence-electron chi connectivity index (χ4n) is 0.675. The van der Waals surface area contributed by atoms with E-state index in [0.29, 0.717) is 0 Å². The molecule has 0 aromatic heterocycles. The van der Waals surface area contributed by atoms with Crippen LogP contribution in [0.1, 0.15) is 11.7 Å². The first-order valence-electron chi connectivity index (χ1n) is 2.87. The summed E-state index contributed by atoms with van der Waals surface area (Å²) in [5.41, 5.74) is 0.859. The van der Waals surface area contributed by atoms with Gasteiger partial charge in [0.15, 0.2) is 0 Å². The van der Waals surface area contributed by atoms with E-state index in [9.17, 15) is 0 Å². The minimum Gasteiger partial charge on any atom is -0.350 e. The average molecular weight is 121 g/mol. The van der Waals surface area contributed by atoms with Gasteiger partial charge in [0.05, 0.1) is 6.92 Å². The summed E-state index contributed by atoms with van der Waals surface area (Å²) in [6.07, 6.45) is -0.591. The highest BCUT2D eigenvalue weighted by molar-refractivity contribution is 5.17. The van der Waals surface area contributed by atoms with Crippen molar-refractivity contribution < 1.29 is 5.11 Å². The highest BCUT2D eigenvalue weighted by Gasteiger charge is 2.02. The molecule has 0 amide bonds. The summed E-state index contributed by atoms with van der Waals surface area (Å²) in [4.78, 5) is 0. The lowest BCUT2D eigenvalue weighted by molar-refractivity contribution is 0.226. The van der Waals surface area contributed by atoms with Crippen LogP contribution in [0.15, 0.2) is 30.3 Å². The highest BCUT2D eigenvalue weighted by Crippen LogP contribution is 2.08. The molecule has 0 heterocycles. The van der Waals surface area contributed by atoms with Gasteiger partial charge in [-0.2, -0.15) is 0 Å². The second kappa shape index (κ2) is 2.55. The molecule has 0 aliphatic heterocycles. The standard InChI is InChI=1S/C8H9O/c1-7(9)8-5-3-2-4-6-8/h2-7,9H,1H2/q+1. The van der Waals surface area contributed by atoms with E-state index in [1.165, 1.54) is 0 Å². The lowest BCUT2D eigenvalue weighted by atomic mass is 10.1. The minimum absolute atomic E-state index is 0.591. The van der Waals surface area contributed by atoms with E-state index in [1.54, 1.807) is 0 Å². The molecule has 0 fully saturated rings. The van der Waals surface area contributed by atoms with Crippen molar-refractivity contribution in [3.05, 3.63) is 42.8 Å². The van der Waals surface area contributed by atoms with Crippen LogP contribution in [-0.4, -0.2) is 5.11 Å². The fraction of sp³-hybridized carbons (Fsp3) is 0.125. The van der Waals surface area contributed by atoms with Crippen LogP contribution < -0.4 is 0 Å². The van der Waals surface area contributed by atoms with E-state index in [-0.39, 0.29) is 0 Å². The van der Waals surface area contributed by atoms with Crippen LogP contribution in [-0.2, 0) is 0 Å². The first-order chi connectivity index (χ1) is 4.30. The van der Waals surface area contributed by atoms with Crippen molar-refractivity contribution >= 4 is 0 Å². The first kappa shape index (κ1) is 6.17. The third-order valence-corrected chi connectivity index (χ3v) is 1.18. The molecular weight excluding hydrogens is 112 g/mol. The normalized spacial score (nSPS) is 13.0. The number of benzene rings is 1. The van der Waals surface area contributed by atoms with Gasteiger partial charge in [-0.25, -0.2) is 0 Å². The molecule has 1 nitrogen and oxygen atoms in total. The third-order valence-electron chi connectivity index (χ3n) is 1.18. The molecule has 1 aromatic rings. The largest absolute Gasteiger partial charge is 0.350 e. The summed E-state index contributed by atoms with van der Waals surface area (Å²) in [6.45, 7) is 3.46. The van der Waals surface area contributed by atoms with Crippen molar-refractivity contribution in [2.24, 2.45) is 0 Å². The fourth-order valence-corrected chi connectivity index (χ4v) is 0.675. The molecular formula is C8H9O+. The molecule has 9 heavy (non-hydrogen) atoms. The monoisotopic (exact) mass is 121 g/mol. The van der Waals surface area contributed by atoms with E-state index in [4.69, 9.17) is 5.11 Å². The average Bonchev–Trinajstić information content (AvgIpc) is 1.90. The van der Waals surface area contributed by atoms with Crippen molar-refractivity contribution in [2.75, 3.05) is 0 Å². The zero-order valence-electron chi connectivity index (χ0n) is 5.12. The number of rotatable bonds is 1.